The summed E-state index contributed by atoms with van der Waals surface area (Å²) in [5, 5.41) is 3.52. The van der Waals surface area contributed by atoms with Gasteiger partial charge in [-0.05, 0) is 24.1 Å². The predicted octanol–water partition coefficient (Wildman–Crippen LogP) is 3.22. The first-order valence-electron chi connectivity index (χ1n) is 6.45. The van der Waals surface area contributed by atoms with Crippen LogP contribution < -0.4 is 11.1 Å². The van der Waals surface area contributed by atoms with Crippen molar-refractivity contribution in [3.63, 3.8) is 0 Å². The van der Waals surface area contributed by atoms with E-state index in [0.717, 1.165) is 11.1 Å². The fraction of sp³-hybridized carbons (Fsp3) is 0.188. The Morgan fingerprint density at radius 2 is 1.70 bits per heavy atom. The molecule has 0 aliphatic carbocycles. The number of benzene rings is 2. The molecular formula is C16H17ClN2O. The van der Waals surface area contributed by atoms with Gasteiger partial charge in [0.2, 0.25) is 5.91 Å². The Morgan fingerprint density at radius 3 is 2.35 bits per heavy atom. The summed E-state index contributed by atoms with van der Waals surface area (Å²) in [6, 6.07) is 15.9. The van der Waals surface area contributed by atoms with Gasteiger partial charge in [0, 0.05) is 5.02 Å². The maximum Gasteiger partial charge on any atom is 0.241 e. The highest BCUT2D eigenvalue weighted by atomic mass is 35.5. The lowest BCUT2D eigenvalue weighted by Crippen LogP contribution is -2.35. The molecule has 1 amide bonds. The van der Waals surface area contributed by atoms with Gasteiger partial charge < -0.3 is 11.1 Å². The molecule has 0 heterocycles. The maximum atomic E-state index is 12.2. The second-order valence-corrected chi connectivity index (χ2v) is 5.05. The van der Waals surface area contributed by atoms with Crippen molar-refractivity contribution in [2.45, 2.75) is 19.0 Å². The molecule has 3 N–H and O–H groups in total. The third-order valence-electron chi connectivity index (χ3n) is 3.17. The number of amides is 1. The molecular weight excluding hydrogens is 272 g/mol. The summed E-state index contributed by atoms with van der Waals surface area (Å²) in [7, 11) is 0. The lowest BCUT2D eigenvalue weighted by Gasteiger charge is -2.19. The topological polar surface area (TPSA) is 55.1 Å². The molecule has 0 bridgehead atoms. The SMILES string of the molecule is C[C@@H](NC(=O)[C@@H](N)c1ccccc1)c1ccccc1Cl. The fourth-order valence-corrected chi connectivity index (χ4v) is 2.32. The van der Waals surface area contributed by atoms with Gasteiger partial charge in [-0.1, -0.05) is 60.1 Å². The van der Waals surface area contributed by atoms with Crippen LogP contribution in [0.1, 0.15) is 30.1 Å². The highest BCUT2D eigenvalue weighted by Crippen LogP contribution is 2.22. The van der Waals surface area contributed by atoms with Gasteiger partial charge >= 0.3 is 0 Å². The lowest BCUT2D eigenvalue weighted by atomic mass is 10.1. The summed E-state index contributed by atoms with van der Waals surface area (Å²) < 4.78 is 0. The zero-order chi connectivity index (χ0) is 14.5. The fourth-order valence-electron chi connectivity index (χ4n) is 2.02. The Balaban J connectivity index is 2.07. The van der Waals surface area contributed by atoms with Crippen LogP contribution in [0.3, 0.4) is 0 Å². The number of carbonyl (C=O) groups excluding carboxylic acids is 1. The monoisotopic (exact) mass is 288 g/mol. The van der Waals surface area contributed by atoms with Crippen LogP contribution in [0.25, 0.3) is 0 Å². The van der Waals surface area contributed by atoms with Crippen LogP contribution in [0.2, 0.25) is 5.02 Å². The minimum absolute atomic E-state index is 0.189. The minimum atomic E-state index is -0.680. The van der Waals surface area contributed by atoms with E-state index in [1.54, 1.807) is 6.07 Å². The molecule has 0 fully saturated rings. The Bertz CT molecular complexity index is 586. The van der Waals surface area contributed by atoms with Crippen molar-refractivity contribution in [2.75, 3.05) is 0 Å². The smallest absolute Gasteiger partial charge is 0.241 e. The minimum Gasteiger partial charge on any atom is -0.348 e. The van der Waals surface area contributed by atoms with Crippen LogP contribution in [0.5, 0.6) is 0 Å². The zero-order valence-corrected chi connectivity index (χ0v) is 12.0. The van der Waals surface area contributed by atoms with Crippen LogP contribution in [0.15, 0.2) is 54.6 Å². The zero-order valence-electron chi connectivity index (χ0n) is 11.2. The molecule has 0 saturated heterocycles. The molecule has 0 radical (unpaired) electrons. The van der Waals surface area contributed by atoms with Crippen LogP contribution in [0, 0.1) is 0 Å². The largest absolute Gasteiger partial charge is 0.348 e. The molecule has 3 nitrogen and oxygen atoms in total. The average molecular weight is 289 g/mol. The molecule has 0 aliphatic heterocycles. The van der Waals surface area contributed by atoms with Gasteiger partial charge in [-0.2, -0.15) is 0 Å². The van der Waals surface area contributed by atoms with Gasteiger partial charge in [0.1, 0.15) is 6.04 Å². The van der Waals surface area contributed by atoms with Gasteiger partial charge in [0.25, 0.3) is 0 Å². The number of hydrogen-bond donors (Lipinski definition) is 2. The first-order chi connectivity index (χ1) is 9.59. The van der Waals surface area contributed by atoms with E-state index in [1.165, 1.54) is 0 Å². The van der Waals surface area contributed by atoms with E-state index >= 15 is 0 Å². The standard InChI is InChI=1S/C16H17ClN2O/c1-11(13-9-5-6-10-14(13)17)19-16(20)15(18)12-7-3-2-4-8-12/h2-11,15H,18H2,1H3,(H,19,20)/t11-,15+/m1/s1. The number of halogens is 1. The summed E-state index contributed by atoms with van der Waals surface area (Å²) in [4.78, 5) is 12.2. The summed E-state index contributed by atoms with van der Waals surface area (Å²) in [5.74, 6) is -0.219. The molecule has 0 unspecified atom stereocenters. The van der Waals surface area contributed by atoms with E-state index < -0.39 is 6.04 Å². The van der Waals surface area contributed by atoms with E-state index in [0.29, 0.717) is 5.02 Å². The lowest BCUT2D eigenvalue weighted by molar-refractivity contribution is -0.123. The molecule has 2 rings (SSSR count). The average Bonchev–Trinajstić information content (AvgIpc) is 2.47. The number of rotatable bonds is 4. The quantitative estimate of drug-likeness (QED) is 0.907. The Kier molecular flexibility index (Phi) is 4.77. The van der Waals surface area contributed by atoms with Crippen molar-refractivity contribution in [2.24, 2.45) is 5.73 Å². The highest BCUT2D eigenvalue weighted by Gasteiger charge is 2.18. The second-order valence-electron chi connectivity index (χ2n) is 4.64. The Hall–Kier alpha value is -1.84. The molecule has 2 atom stereocenters. The molecule has 2 aromatic rings. The van der Waals surface area contributed by atoms with Crippen molar-refractivity contribution in [1.82, 2.24) is 5.32 Å². The number of carbonyl (C=O) groups is 1. The van der Waals surface area contributed by atoms with E-state index in [1.807, 2.05) is 55.5 Å². The first-order valence-corrected chi connectivity index (χ1v) is 6.82. The third-order valence-corrected chi connectivity index (χ3v) is 3.52. The summed E-state index contributed by atoms with van der Waals surface area (Å²) in [6.45, 7) is 1.89. The molecule has 0 saturated carbocycles. The van der Waals surface area contributed by atoms with Crippen molar-refractivity contribution in [3.05, 3.63) is 70.7 Å². The van der Waals surface area contributed by atoms with E-state index in [2.05, 4.69) is 5.32 Å². The van der Waals surface area contributed by atoms with E-state index in [9.17, 15) is 4.79 Å². The van der Waals surface area contributed by atoms with E-state index in [4.69, 9.17) is 17.3 Å². The summed E-state index contributed by atoms with van der Waals surface area (Å²) >= 11 is 6.12. The molecule has 2 aromatic carbocycles. The van der Waals surface area contributed by atoms with Gasteiger partial charge in [-0.3, -0.25) is 4.79 Å². The van der Waals surface area contributed by atoms with Crippen LogP contribution in [0.4, 0.5) is 0 Å². The van der Waals surface area contributed by atoms with Crippen LogP contribution in [-0.2, 0) is 4.79 Å². The van der Waals surface area contributed by atoms with Gasteiger partial charge in [0.05, 0.1) is 6.04 Å². The normalized spacial score (nSPS) is 13.6. The Labute approximate surface area is 123 Å². The van der Waals surface area contributed by atoms with Crippen molar-refractivity contribution in [3.8, 4) is 0 Å². The molecule has 20 heavy (non-hydrogen) atoms. The second kappa shape index (κ2) is 6.55. The van der Waals surface area contributed by atoms with Gasteiger partial charge in [-0.25, -0.2) is 0 Å². The summed E-state index contributed by atoms with van der Waals surface area (Å²) in [5.41, 5.74) is 7.62. The first kappa shape index (κ1) is 14.6. The Morgan fingerprint density at radius 1 is 1.10 bits per heavy atom. The van der Waals surface area contributed by atoms with Gasteiger partial charge in [0.15, 0.2) is 0 Å². The summed E-state index contributed by atoms with van der Waals surface area (Å²) in [6.07, 6.45) is 0. The number of nitrogens with one attached hydrogen (secondary N) is 1. The molecule has 4 heteroatoms. The number of nitrogens with two attached hydrogens (primary N) is 1. The highest BCUT2D eigenvalue weighted by molar-refractivity contribution is 6.31. The van der Waals surface area contributed by atoms with Gasteiger partial charge in [-0.15, -0.1) is 0 Å². The number of hydrogen-bond acceptors (Lipinski definition) is 2. The van der Waals surface area contributed by atoms with Crippen LogP contribution in [-0.4, -0.2) is 5.91 Å². The molecule has 0 spiro atoms. The van der Waals surface area contributed by atoms with Crippen LogP contribution >= 0.6 is 11.6 Å². The van der Waals surface area contributed by atoms with Crippen molar-refractivity contribution in [1.29, 1.82) is 0 Å². The third kappa shape index (κ3) is 3.38. The van der Waals surface area contributed by atoms with Crippen molar-refractivity contribution >= 4 is 17.5 Å². The maximum absolute atomic E-state index is 12.2. The molecule has 104 valence electrons. The van der Waals surface area contributed by atoms with E-state index in [-0.39, 0.29) is 11.9 Å². The van der Waals surface area contributed by atoms with Crippen molar-refractivity contribution < 1.29 is 4.79 Å². The predicted molar refractivity (Wildman–Crippen MR) is 81.4 cm³/mol. The molecule has 0 aromatic heterocycles. The molecule has 0 aliphatic rings.